The summed E-state index contributed by atoms with van der Waals surface area (Å²) in [7, 11) is 3.35. The molecule has 0 aromatic heterocycles. The molecule has 5 heteroatoms. The molecular formula is C16H27NO4. The minimum Gasteiger partial charge on any atom is -0.493 e. The molecule has 21 heavy (non-hydrogen) atoms. The third kappa shape index (κ3) is 7.32. The summed E-state index contributed by atoms with van der Waals surface area (Å²) in [5.74, 6) is 1.50. The van der Waals surface area contributed by atoms with E-state index in [1.165, 1.54) is 0 Å². The zero-order valence-corrected chi connectivity index (χ0v) is 13.3. The fraction of sp³-hybridized carbons (Fsp3) is 0.625. The molecule has 0 aliphatic carbocycles. The molecule has 1 rings (SSSR count). The lowest BCUT2D eigenvalue weighted by Crippen LogP contribution is -2.18. The molecule has 0 atom stereocenters. The maximum absolute atomic E-state index is 5.68. The highest BCUT2D eigenvalue weighted by atomic mass is 16.5. The number of hydrogen-bond acceptors (Lipinski definition) is 5. The highest BCUT2D eigenvalue weighted by molar-refractivity contribution is 5.42. The van der Waals surface area contributed by atoms with E-state index in [1.54, 1.807) is 14.2 Å². The Morgan fingerprint density at radius 2 is 1.86 bits per heavy atom. The van der Waals surface area contributed by atoms with Crippen LogP contribution in [0.15, 0.2) is 18.2 Å². The molecule has 120 valence electrons. The maximum Gasteiger partial charge on any atom is 0.161 e. The molecule has 1 aromatic rings. The van der Waals surface area contributed by atoms with Crippen LogP contribution in [0.1, 0.15) is 18.9 Å². The first-order chi connectivity index (χ1) is 10.3. The molecule has 0 fully saturated rings. The lowest BCUT2D eigenvalue weighted by molar-refractivity contribution is 0.0995. The molecule has 0 bridgehead atoms. The van der Waals surface area contributed by atoms with E-state index in [0.717, 1.165) is 43.2 Å². The normalized spacial score (nSPS) is 10.6. The Morgan fingerprint density at radius 3 is 2.57 bits per heavy atom. The van der Waals surface area contributed by atoms with Crippen LogP contribution in [-0.4, -0.2) is 47.2 Å². The van der Waals surface area contributed by atoms with Gasteiger partial charge in [0, 0.05) is 26.8 Å². The van der Waals surface area contributed by atoms with E-state index in [2.05, 4.69) is 12.2 Å². The van der Waals surface area contributed by atoms with Gasteiger partial charge < -0.3 is 24.3 Å². The van der Waals surface area contributed by atoms with Crippen LogP contribution in [0.2, 0.25) is 0 Å². The summed E-state index contributed by atoms with van der Waals surface area (Å²) in [6, 6.07) is 5.96. The Labute approximate surface area is 127 Å². The van der Waals surface area contributed by atoms with Gasteiger partial charge in [-0.25, -0.2) is 0 Å². The number of nitrogens with one attached hydrogen (secondary N) is 1. The molecule has 0 spiro atoms. The molecule has 5 nitrogen and oxygen atoms in total. The number of rotatable bonds is 12. The number of ether oxygens (including phenoxy) is 4. The fourth-order valence-corrected chi connectivity index (χ4v) is 1.81. The topological polar surface area (TPSA) is 49.0 Å². The standard InChI is InChI=1S/C16H27NO4/c1-4-8-20-10-11-21-15-6-5-14(12-16(15)19-3)13-17-7-9-18-2/h5-6,12,17H,4,7-11,13H2,1-3H3. The Balaban J connectivity index is 2.42. The maximum atomic E-state index is 5.68. The summed E-state index contributed by atoms with van der Waals surface area (Å²) in [5, 5.41) is 3.30. The fourth-order valence-electron chi connectivity index (χ4n) is 1.81. The molecule has 0 heterocycles. The van der Waals surface area contributed by atoms with Crippen LogP contribution in [0, 0.1) is 0 Å². The first-order valence-corrected chi connectivity index (χ1v) is 7.39. The highest BCUT2D eigenvalue weighted by Gasteiger charge is 2.05. The number of hydrogen-bond donors (Lipinski definition) is 1. The van der Waals surface area contributed by atoms with E-state index in [4.69, 9.17) is 18.9 Å². The van der Waals surface area contributed by atoms with Crippen molar-refractivity contribution in [1.82, 2.24) is 5.32 Å². The quantitative estimate of drug-likeness (QED) is 0.600. The molecule has 0 aliphatic heterocycles. The molecule has 0 saturated carbocycles. The largest absolute Gasteiger partial charge is 0.493 e. The van der Waals surface area contributed by atoms with Gasteiger partial charge in [-0.2, -0.15) is 0 Å². The lowest BCUT2D eigenvalue weighted by atomic mass is 10.2. The Bertz CT molecular complexity index is 385. The first-order valence-electron chi connectivity index (χ1n) is 7.39. The van der Waals surface area contributed by atoms with Crippen LogP contribution >= 0.6 is 0 Å². The van der Waals surface area contributed by atoms with Crippen molar-refractivity contribution in [2.75, 3.05) is 47.2 Å². The van der Waals surface area contributed by atoms with Gasteiger partial charge in [-0.05, 0) is 24.1 Å². The van der Waals surface area contributed by atoms with E-state index in [0.29, 0.717) is 19.8 Å². The average molecular weight is 297 g/mol. The van der Waals surface area contributed by atoms with E-state index >= 15 is 0 Å². The summed E-state index contributed by atoms with van der Waals surface area (Å²) < 4.78 is 21.4. The third-order valence-electron chi connectivity index (χ3n) is 2.87. The van der Waals surface area contributed by atoms with Crippen molar-refractivity contribution in [1.29, 1.82) is 0 Å². The summed E-state index contributed by atoms with van der Waals surface area (Å²) >= 11 is 0. The van der Waals surface area contributed by atoms with Crippen molar-refractivity contribution in [3.05, 3.63) is 23.8 Å². The molecule has 0 unspecified atom stereocenters. The van der Waals surface area contributed by atoms with E-state index in [1.807, 2.05) is 18.2 Å². The minimum atomic E-state index is 0.530. The summed E-state index contributed by atoms with van der Waals surface area (Å²) in [6.07, 6.45) is 1.02. The zero-order chi connectivity index (χ0) is 15.3. The van der Waals surface area contributed by atoms with Gasteiger partial charge in [0.25, 0.3) is 0 Å². The van der Waals surface area contributed by atoms with Crippen molar-refractivity contribution in [3.8, 4) is 11.5 Å². The lowest BCUT2D eigenvalue weighted by Gasteiger charge is -2.12. The second-order valence-electron chi connectivity index (χ2n) is 4.62. The first kappa shape index (κ1) is 17.8. The van der Waals surface area contributed by atoms with E-state index in [9.17, 15) is 0 Å². The van der Waals surface area contributed by atoms with Crippen LogP contribution < -0.4 is 14.8 Å². The molecule has 0 aliphatic rings. The summed E-state index contributed by atoms with van der Waals surface area (Å²) in [6.45, 7) is 6.29. The zero-order valence-electron chi connectivity index (χ0n) is 13.3. The Kier molecular flexibility index (Phi) is 9.61. The molecule has 1 aromatic carbocycles. The van der Waals surface area contributed by atoms with Gasteiger partial charge in [-0.15, -0.1) is 0 Å². The van der Waals surface area contributed by atoms with Gasteiger partial charge in [0.1, 0.15) is 6.61 Å². The summed E-state index contributed by atoms with van der Waals surface area (Å²) in [5.41, 5.74) is 1.15. The van der Waals surface area contributed by atoms with Gasteiger partial charge >= 0.3 is 0 Å². The van der Waals surface area contributed by atoms with Crippen molar-refractivity contribution >= 4 is 0 Å². The van der Waals surface area contributed by atoms with Gasteiger partial charge in [-0.3, -0.25) is 0 Å². The van der Waals surface area contributed by atoms with Gasteiger partial charge in [0.05, 0.1) is 20.3 Å². The van der Waals surface area contributed by atoms with Crippen LogP contribution in [0.5, 0.6) is 11.5 Å². The molecular weight excluding hydrogens is 270 g/mol. The summed E-state index contributed by atoms with van der Waals surface area (Å²) in [4.78, 5) is 0. The SMILES string of the molecule is CCCOCCOc1ccc(CNCCOC)cc1OC. The van der Waals surface area contributed by atoms with Gasteiger partial charge in [0.15, 0.2) is 11.5 Å². The Hall–Kier alpha value is -1.30. The second kappa shape index (κ2) is 11.4. The van der Waals surface area contributed by atoms with Gasteiger partial charge in [-0.1, -0.05) is 13.0 Å². The predicted molar refractivity (Wildman–Crippen MR) is 83.2 cm³/mol. The molecule has 0 saturated heterocycles. The second-order valence-corrected chi connectivity index (χ2v) is 4.62. The third-order valence-corrected chi connectivity index (χ3v) is 2.87. The van der Waals surface area contributed by atoms with Gasteiger partial charge in [0.2, 0.25) is 0 Å². The van der Waals surface area contributed by atoms with Crippen LogP contribution in [0.25, 0.3) is 0 Å². The monoisotopic (exact) mass is 297 g/mol. The van der Waals surface area contributed by atoms with Crippen molar-refractivity contribution in [2.24, 2.45) is 0 Å². The Morgan fingerprint density at radius 1 is 1.00 bits per heavy atom. The van der Waals surface area contributed by atoms with Crippen molar-refractivity contribution in [3.63, 3.8) is 0 Å². The van der Waals surface area contributed by atoms with Crippen molar-refractivity contribution in [2.45, 2.75) is 19.9 Å². The number of methoxy groups -OCH3 is 2. The average Bonchev–Trinajstić information content (AvgIpc) is 2.52. The predicted octanol–water partition coefficient (Wildman–Crippen LogP) is 2.24. The van der Waals surface area contributed by atoms with Crippen LogP contribution in [0.3, 0.4) is 0 Å². The smallest absolute Gasteiger partial charge is 0.161 e. The molecule has 1 N–H and O–H groups in total. The van der Waals surface area contributed by atoms with Crippen molar-refractivity contribution < 1.29 is 18.9 Å². The highest BCUT2D eigenvalue weighted by Crippen LogP contribution is 2.27. The number of benzene rings is 1. The van der Waals surface area contributed by atoms with E-state index < -0.39 is 0 Å². The van der Waals surface area contributed by atoms with Crippen LogP contribution in [0.4, 0.5) is 0 Å². The van der Waals surface area contributed by atoms with Crippen LogP contribution in [-0.2, 0) is 16.0 Å². The molecule has 0 radical (unpaired) electrons. The molecule has 0 amide bonds. The minimum absolute atomic E-state index is 0.530. The van der Waals surface area contributed by atoms with E-state index in [-0.39, 0.29) is 0 Å².